The Kier molecular flexibility index (Phi) is 0.913. The summed E-state index contributed by atoms with van der Waals surface area (Å²) >= 11 is 0. The second kappa shape index (κ2) is 1.73. The highest BCUT2D eigenvalue weighted by Gasteiger charge is 1.99. The summed E-state index contributed by atoms with van der Waals surface area (Å²) in [6.45, 7) is 0. The van der Waals surface area contributed by atoms with E-state index in [1.54, 1.807) is 24.1 Å². The molecule has 0 fully saturated rings. The van der Waals surface area contributed by atoms with Gasteiger partial charge in [-0.25, -0.2) is 14.6 Å². The summed E-state index contributed by atoms with van der Waals surface area (Å²) in [5.74, 6) is 0. The van der Waals surface area contributed by atoms with E-state index in [4.69, 9.17) is 0 Å². The minimum atomic E-state index is 0.588. The molecule has 0 N–H and O–H groups in total. The van der Waals surface area contributed by atoms with Crippen LogP contribution in [-0.2, 0) is 7.05 Å². The van der Waals surface area contributed by atoms with Crippen molar-refractivity contribution in [1.82, 2.24) is 25.0 Å². The fraction of sp³-hybridized carbons (Fsp3) is 0.200. The molecule has 0 aliphatic carbocycles. The molecule has 5 nitrogen and oxygen atoms in total. The highest BCUT2D eigenvalue weighted by Crippen LogP contribution is 1.98. The molecule has 5 heteroatoms. The Balaban J connectivity index is 2.93. The van der Waals surface area contributed by atoms with E-state index in [1.165, 1.54) is 0 Å². The largest absolute Gasteiger partial charge is 0.232 e. The van der Waals surface area contributed by atoms with Gasteiger partial charge in [-0.1, -0.05) is 5.21 Å². The van der Waals surface area contributed by atoms with Crippen LogP contribution in [0.15, 0.2) is 12.4 Å². The molecule has 0 aliphatic heterocycles. The predicted octanol–water partition coefficient (Wildman–Crippen LogP) is -0.242. The van der Waals surface area contributed by atoms with Crippen molar-refractivity contribution in [3.8, 4) is 0 Å². The first-order chi connectivity index (χ1) is 4.88. The van der Waals surface area contributed by atoms with Gasteiger partial charge in [-0.2, -0.15) is 0 Å². The lowest BCUT2D eigenvalue weighted by Gasteiger charge is -1.85. The SMILES string of the molecule is Cn1nnc2nccnc21. The average molecular weight is 135 g/mol. The number of nitrogens with zero attached hydrogens (tertiary/aromatic N) is 5. The maximum Gasteiger partial charge on any atom is 0.221 e. The van der Waals surface area contributed by atoms with Crippen LogP contribution >= 0.6 is 0 Å². The Morgan fingerprint density at radius 3 is 2.90 bits per heavy atom. The highest BCUT2D eigenvalue weighted by molar-refractivity contribution is 5.62. The van der Waals surface area contributed by atoms with Crippen LogP contribution in [0.5, 0.6) is 0 Å². The topological polar surface area (TPSA) is 56.5 Å². The fourth-order valence-electron chi connectivity index (χ4n) is 0.774. The lowest BCUT2D eigenvalue weighted by molar-refractivity contribution is 0.729. The van der Waals surface area contributed by atoms with E-state index in [0.29, 0.717) is 11.3 Å². The molecule has 0 atom stereocenters. The van der Waals surface area contributed by atoms with E-state index < -0.39 is 0 Å². The number of hydrogen-bond acceptors (Lipinski definition) is 4. The Bertz CT molecular complexity index is 352. The molecule has 0 aliphatic rings. The molecular formula is C5H5N5. The second-order valence-electron chi connectivity index (χ2n) is 1.92. The van der Waals surface area contributed by atoms with Crippen LogP contribution in [0.4, 0.5) is 0 Å². The van der Waals surface area contributed by atoms with E-state index in [9.17, 15) is 0 Å². The van der Waals surface area contributed by atoms with Crippen LogP contribution in [0, 0.1) is 0 Å². The summed E-state index contributed by atoms with van der Waals surface area (Å²) in [5, 5.41) is 7.50. The van der Waals surface area contributed by atoms with Gasteiger partial charge in [0.05, 0.1) is 0 Å². The van der Waals surface area contributed by atoms with Gasteiger partial charge in [0.15, 0.2) is 5.65 Å². The molecule has 0 aromatic carbocycles. The van der Waals surface area contributed by atoms with Crippen LogP contribution in [0.3, 0.4) is 0 Å². The normalized spacial score (nSPS) is 10.5. The maximum atomic E-state index is 4.02. The average Bonchev–Trinajstić information content (AvgIpc) is 2.34. The third-order valence-corrected chi connectivity index (χ3v) is 1.24. The van der Waals surface area contributed by atoms with Gasteiger partial charge in [0.25, 0.3) is 0 Å². The monoisotopic (exact) mass is 135 g/mol. The summed E-state index contributed by atoms with van der Waals surface area (Å²) in [7, 11) is 1.78. The van der Waals surface area contributed by atoms with Crippen LogP contribution in [0.2, 0.25) is 0 Å². The van der Waals surface area contributed by atoms with Gasteiger partial charge in [-0.3, -0.25) is 0 Å². The minimum Gasteiger partial charge on any atom is -0.232 e. The Morgan fingerprint density at radius 2 is 2.10 bits per heavy atom. The van der Waals surface area contributed by atoms with Gasteiger partial charge in [0.2, 0.25) is 5.65 Å². The summed E-state index contributed by atoms with van der Waals surface area (Å²) in [4.78, 5) is 7.96. The molecule has 0 spiro atoms. The third kappa shape index (κ3) is 0.570. The molecule has 0 bridgehead atoms. The molecule has 2 aromatic heterocycles. The standard InChI is InChI=1S/C5H5N5/c1-10-5-4(8-9-10)6-2-3-7-5/h2-3H,1H3. The fourth-order valence-corrected chi connectivity index (χ4v) is 0.774. The van der Waals surface area contributed by atoms with Crippen molar-refractivity contribution >= 4 is 11.3 Å². The maximum absolute atomic E-state index is 4.02. The molecule has 0 radical (unpaired) electrons. The van der Waals surface area contributed by atoms with Crippen LogP contribution in [0.1, 0.15) is 0 Å². The van der Waals surface area contributed by atoms with E-state index in [1.807, 2.05) is 0 Å². The first-order valence-corrected chi connectivity index (χ1v) is 2.84. The molecule has 2 aromatic rings. The Morgan fingerprint density at radius 1 is 1.30 bits per heavy atom. The smallest absolute Gasteiger partial charge is 0.221 e. The second-order valence-corrected chi connectivity index (χ2v) is 1.92. The van der Waals surface area contributed by atoms with Crippen molar-refractivity contribution in [3.05, 3.63) is 12.4 Å². The molecule has 50 valence electrons. The van der Waals surface area contributed by atoms with Crippen LogP contribution in [-0.4, -0.2) is 25.0 Å². The molecule has 0 saturated heterocycles. The van der Waals surface area contributed by atoms with Gasteiger partial charge >= 0.3 is 0 Å². The van der Waals surface area contributed by atoms with E-state index in [2.05, 4.69) is 20.3 Å². The summed E-state index contributed by atoms with van der Waals surface area (Å²) in [6.07, 6.45) is 3.21. The lowest BCUT2D eigenvalue weighted by Crippen LogP contribution is -1.91. The van der Waals surface area contributed by atoms with Crippen molar-refractivity contribution < 1.29 is 0 Å². The van der Waals surface area contributed by atoms with Crippen molar-refractivity contribution in [2.24, 2.45) is 7.05 Å². The quantitative estimate of drug-likeness (QED) is 0.500. The zero-order chi connectivity index (χ0) is 6.97. The molecule has 2 heterocycles. The van der Waals surface area contributed by atoms with E-state index in [-0.39, 0.29) is 0 Å². The molecule has 2 rings (SSSR count). The number of rotatable bonds is 0. The van der Waals surface area contributed by atoms with E-state index in [0.717, 1.165) is 0 Å². The summed E-state index contributed by atoms with van der Waals surface area (Å²) in [5.41, 5.74) is 1.30. The van der Waals surface area contributed by atoms with Crippen molar-refractivity contribution in [2.45, 2.75) is 0 Å². The van der Waals surface area contributed by atoms with Gasteiger partial charge in [0.1, 0.15) is 0 Å². The zero-order valence-corrected chi connectivity index (χ0v) is 5.39. The Labute approximate surface area is 56.7 Å². The zero-order valence-electron chi connectivity index (χ0n) is 5.39. The van der Waals surface area contributed by atoms with E-state index >= 15 is 0 Å². The van der Waals surface area contributed by atoms with Gasteiger partial charge < -0.3 is 0 Å². The Hall–Kier alpha value is -1.52. The molecule has 0 unspecified atom stereocenters. The van der Waals surface area contributed by atoms with Gasteiger partial charge in [-0.15, -0.1) is 5.10 Å². The van der Waals surface area contributed by atoms with Crippen molar-refractivity contribution in [3.63, 3.8) is 0 Å². The summed E-state index contributed by atoms with van der Waals surface area (Å²) in [6, 6.07) is 0. The van der Waals surface area contributed by atoms with Crippen molar-refractivity contribution in [1.29, 1.82) is 0 Å². The van der Waals surface area contributed by atoms with Gasteiger partial charge in [0, 0.05) is 19.4 Å². The lowest BCUT2D eigenvalue weighted by atomic mass is 10.7. The number of aromatic nitrogens is 5. The third-order valence-electron chi connectivity index (χ3n) is 1.24. The highest BCUT2D eigenvalue weighted by atomic mass is 15.4. The number of hydrogen-bond donors (Lipinski definition) is 0. The summed E-state index contributed by atoms with van der Waals surface area (Å²) < 4.78 is 1.59. The van der Waals surface area contributed by atoms with Crippen molar-refractivity contribution in [2.75, 3.05) is 0 Å². The molecular weight excluding hydrogens is 130 g/mol. The number of aryl methyl sites for hydroxylation is 1. The number of fused-ring (bicyclic) bond motifs is 1. The van der Waals surface area contributed by atoms with Crippen LogP contribution in [0.25, 0.3) is 11.3 Å². The first kappa shape index (κ1) is 5.28. The predicted molar refractivity (Wildman–Crippen MR) is 34.1 cm³/mol. The van der Waals surface area contributed by atoms with Crippen LogP contribution < -0.4 is 0 Å². The first-order valence-electron chi connectivity index (χ1n) is 2.84. The molecule has 0 saturated carbocycles. The molecule has 0 amide bonds. The van der Waals surface area contributed by atoms with Gasteiger partial charge in [-0.05, 0) is 0 Å². The minimum absolute atomic E-state index is 0.588. The molecule has 10 heavy (non-hydrogen) atoms.